The second-order valence-electron chi connectivity index (χ2n) is 12.2. The van der Waals surface area contributed by atoms with Crippen molar-refractivity contribution in [1.82, 2.24) is 0 Å². The van der Waals surface area contributed by atoms with Gasteiger partial charge in [-0.15, -0.1) is 0 Å². The fourth-order valence-electron chi connectivity index (χ4n) is 6.99. The van der Waals surface area contributed by atoms with Crippen molar-refractivity contribution in [3.63, 3.8) is 0 Å². The van der Waals surface area contributed by atoms with Crippen LogP contribution < -0.4 is 5.19 Å². The first kappa shape index (κ1) is 26.6. The number of hydrogen-bond acceptors (Lipinski definition) is 0. The summed E-state index contributed by atoms with van der Waals surface area (Å²) in [7, 11) is -0.634. The van der Waals surface area contributed by atoms with E-state index in [1.807, 2.05) is 0 Å². The maximum atomic E-state index is 2.49. The molecular formula is C43H33Si. The Labute approximate surface area is 260 Å². The lowest BCUT2D eigenvalue weighted by atomic mass is 9.84. The molecular weight excluding hydrogens is 545 g/mol. The van der Waals surface area contributed by atoms with Crippen LogP contribution in [0.1, 0.15) is 5.56 Å². The summed E-state index contributed by atoms with van der Waals surface area (Å²) in [6.07, 6.45) is 0. The van der Waals surface area contributed by atoms with Gasteiger partial charge < -0.3 is 0 Å². The van der Waals surface area contributed by atoms with E-state index in [1.165, 1.54) is 87.2 Å². The predicted molar refractivity (Wildman–Crippen MR) is 195 cm³/mol. The Bertz CT molecular complexity index is 2350. The van der Waals surface area contributed by atoms with Crippen LogP contribution in [-0.4, -0.2) is 8.80 Å². The minimum absolute atomic E-state index is 0.634. The molecule has 0 fully saturated rings. The van der Waals surface area contributed by atoms with Gasteiger partial charge in [-0.2, -0.15) is 0 Å². The Morgan fingerprint density at radius 2 is 0.932 bits per heavy atom. The first-order chi connectivity index (χ1) is 21.6. The van der Waals surface area contributed by atoms with Gasteiger partial charge >= 0.3 is 0 Å². The van der Waals surface area contributed by atoms with E-state index in [1.54, 1.807) is 0 Å². The molecule has 8 rings (SSSR count). The third kappa shape index (κ3) is 4.35. The molecule has 0 aliphatic heterocycles. The smallest absolute Gasteiger partial charge is 0.0671 e. The molecule has 8 aromatic rings. The van der Waals surface area contributed by atoms with Gasteiger partial charge in [-0.25, -0.2) is 0 Å². The van der Waals surface area contributed by atoms with Crippen LogP contribution in [0.3, 0.4) is 0 Å². The first-order valence-corrected chi connectivity index (χ1v) is 17.9. The molecule has 0 spiro atoms. The summed E-state index contributed by atoms with van der Waals surface area (Å²) in [6, 6.07) is 54.3. The minimum Gasteiger partial charge on any atom is -0.0671 e. The van der Waals surface area contributed by atoms with E-state index in [4.69, 9.17) is 0 Å². The second-order valence-corrected chi connectivity index (χ2v) is 14.8. The molecule has 0 atom stereocenters. The molecule has 0 heterocycles. The van der Waals surface area contributed by atoms with Crippen LogP contribution in [0.4, 0.5) is 0 Å². The Kier molecular flexibility index (Phi) is 6.43. The molecule has 0 saturated carbocycles. The highest BCUT2D eigenvalue weighted by Gasteiger charge is 2.19. The van der Waals surface area contributed by atoms with Crippen LogP contribution in [0.25, 0.3) is 76.5 Å². The second kappa shape index (κ2) is 10.6. The van der Waals surface area contributed by atoms with Gasteiger partial charge in [0, 0.05) is 0 Å². The average Bonchev–Trinajstić information content (AvgIpc) is 3.06. The highest BCUT2D eigenvalue weighted by molar-refractivity contribution is 6.71. The van der Waals surface area contributed by atoms with E-state index < -0.39 is 8.80 Å². The number of fused-ring (bicyclic) bond motifs is 4. The van der Waals surface area contributed by atoms with Crippen molar-refractivity contribution >= 4 is 57.1 Å². The average molecular weight is 578 g/mol. The summed E-state index contributed by atoms with van der Waals surface area (Å²) in [5.74, 6) is 0. The highest BCUT2D eigenvalue weighted by atomic mass is 28.3. The first-order valence-electron chi connectivity index (χ1n) is 15.4. The van der Waals surface area contributed by atoms with Crippen molar-refractivity contribution in [2.45, 2.75) is 20.0 Å². The maximum Gasteiger partial charge on any atom is 0.0791 e. The zero-order chi connectivity index (χ0) is 29.8. The molecule has 1 heteroatoms. The summed E-state index contributed by atoms with van der Waals surface area (Å²) >= 11 is 0. The third-order valence-corrected chi connectivity index (χ3v) is 10.6. The molecule has 0 aliphatic carbocycles. The van der Waals surface area contributed by atoms with Crippen molar-refractivity contribution in [2.75, 3.05) is 0 Å². The van der Waals surface area contributed by atoms with Crippen molar-refractivity contribution in [3.8, 4) is 33.4 Å². The third-order valence-electron chi connectivity index (χ3n) is 9.18. The van der Waals surface area contributed by atoms with Gasteiger partial charge in [-0.05, 0) is 83.4 Å². The molecule has 0 nitrogen and oxygen atoms in total. The molecule has 0 saturated heterocycles. The normalized spacial score (nSPS) is 11.7. The number of rotatable bonds is 4. The van der Waals surface area contributed by atoms with Crippen LogP contribution in [0.2, 0.25) is 13.1 Å². The van der Waals surface area contributed by atoms with Crippen LogP contribution in [-0.2, 0) is 0 Å². The summed E-state index contributed by atoms with van der Waals surface area (Å²) in [4.78, 5) is 0. The van der Waals surface area contributed by atoms with Crippen LogP contribution in [0.5, 0.6) is 0 Å². The van der Waals surface area contributed by atoms with Crippen LogP contribution in [0, 0.1) is 6.92 Å². The monoisotopic (exact) mass is 577 g/mol. The molecule has 1 radical (unpaired) electrons. The molecule has 0 aromatic heterocycles. The van der Waals surface area contributed by atoms with Gasteiger partial charge in [-0.1, -0.05) is 169 Å². The molecule has 0 amide bonds. The molecule has 8 aromatic carbocycles. The molecule has 0 aliphatic rings. The van der Waals surface area contributed by atoms with Crippen LogP contribution >= 0.6 is 0 Å². The molecule has 209 valence electrons. The van der Waals surface area contributed by atoms with Gasteiger partial charge in [-0.3, -0.25) is 0 Å². The van der Waals surface area contributed by atoms with Crippen molar-refractivity contribution in [2.24, 2.45) is 0 Å². The van der Waals surface area contributed by atoms with Gasteiger partial charge in [0.2, 0.25) is 0 Å². The quantitative estimate of drug-likeness (QED) is 0.144. The fraction of sp³-hybridized carbons (Fsp3) is 0.0698. The summed E-state index contributed by atoms with van der Waals surface area (Å²) in [6.45, 7) is 6.99. The maximum absolute atomic E-state index is 2.49. The lowest BCUT2D eigenvalue weighted by molar-refractivity contribution is 1.51. The van der Waals surface area contributed by atoms with E-state index in [0.717, 1.165) is 0 Å². The Morgan fingerprint density at radius 1 is 0.386 bits per heavy atom. The van der Waals surface area contributed by atoms with Crippen molar-refractivity contribution in [1.29, 1.82) is 0 Å². The fourth-order valence-corrected chi connectivity index (χ4v) is 7.84. The van der Waals surface area contributed by atoms with E-state index in [9.17, 15) is 0 Å². The Balaban J connectivity index is 1.44. The van der Waals surface area contributed by atoms with E-state index >= 15 is 0 Å². The molecule has 44 heavy (non-hydrogen) atoms. The zero-order valence-electron chi connectivity index (χ0n) is 25.4. The SMILES string of the molecule is Cc1ccc2c(-c3ccc(-c4cccc5ccccc45)cc3)c3cc([Si](C)C)ccc3c(-c3cccc4ccccc34)c2c1. The summed E-state index contributed by atoms with van der Waals surface area (Å²) in [5, 5.41) is 11.9. The molecule has 0 unspecified atom stereocenters. The van der Waals surface area contributed by atoms with Crippen LogP contribution in [0.15, 0.2) is 146 Å². The zero-order valence-corrected chi connectivity index (χ0v) is 26.4. The topological polar surface area (TPSA) is 0 Å². The lowest BCUT2D eigenvalue weighted by Gasteiger charge is -2.20. The minimum atomic E-state index is -0.634. The van der Waals surface area contributed by atoms with Gasteiger partial charge in [0.1, 0.15) is 0 Å². The van der Waals surface area contributed by atoms with E-state index in [2.05, 4.69) is 166 Å². The Hall–Kier alpha value is -4.98. The van der Waals surface area contributed by atoms with Crippen molar-refractivity contribution in [3.05, 3.63) is 151 Å². The van der Waals surface area contributed by atoms with Gasteiger partial charge in [0.05, 0.1) is 8.80 Å². The number of benzene rings is 8. The van der Waals surface area contributed by atoms with Gasteiger partial charge in [0.15, 0.2) is 0 Å². The summed E-state index contributed by atoms with van der Waals surface area (Å²) in [5.41, 5.74) is 9.02. The van der Waals surface area contributed by atoms with Crippen molar-refractivity contribution < 1.29 is 0 Å². The molecule has 0 N–H and O–H groups in total. The summed E-state index contributed by atoms with van der Waals surface area (Å²) < 4.78 is 0. The van der Waals surface area contributed by atoms with E-state index in [0.29, 0.717) is 0 Å². The predicted octanol–water partition coefficient (Wildman–Crippen LogP) is 11.6. The largest absolute Gasteiger partial charge is 0.0791 e. The lowest BCUT2D eigenvalue weighted by Crippen LogP contribution is -2.22. The highest BCUT2D eigenvalue weighted by Crippen LogP contribution is 2.45. The molecule has 0 bridgehead atoms. The number of aryl methyl sites for hydroxylation is 1. The Morgan fingerprint density at radius 3 is 1.64 bits per heavy atom. The van der Waals surface area contributed by atoms with Gasteiger partial charge in [0.25, 0.3) is 0 Å². The standard InChI is InChI=1S/C43H33Si/c1-28-18-24-38-40(26-28)43(37-17-9-13-30-11-5-7-15-36(30)37)39-25-23-33(44(2)3)27-41(39)42(38)32-21-19-31(20-22-32)35-16-8-12-29-10-4-6-14-34(29)35/h4-27H,1-3H3. The van der Waals surface area contributed by atoms with E-state index in [-0.39, 0.29) is 0 Å². The number of hydrogen-bond donors (Lipinski definition) is 0.